The van der Waals surface area contributed by atoms with Crippen LogP contribution in [0.4, 0.5) is 15.3 Å². The molecule has 0 spiro atoms. The van der Waals surface area contributed by atoms with Gasteiger partial charge in [-0.15, -0.1) is 0 Å². The molecule has 3 aromatic rings. The molecular weight excluding hydrogens is 753 g/mol. The summed E-state index contributed by atoms with van der Waals surface area (Å²) in [5, 5.41) is 3.05. The normalized spacial score (nSPS) is 19.0. The summed E-state index contributed by atoms with van der Waals surface area (Å²) in [4.78, 5) is 73.5. The van der Waals surface area contributed by atoms with Gasteiger partial charge in [0.2, 0.25) is 0 Å². The van der Waals surface area contributed by atoms with E-state index in [-0.39, 0.29) is 30.4 Å². The highest BCUT2D eigenvalue weighted by Gasteiger charge is 2.37. The SMILES string of the molecule is CC.CCCCOC(=O)CN1CCC(C2CCN(C(=O)[C@@H](Cc3cc(C)c4c(c3)oc(=O)n4C)OC(=O)N3CCC(N4CCc5ccccc5NC4=O)CC3)CC2)CC1. The van der Waals surface area contributed by atoms with Crippen LogP contribution in [0.1, 0.15) is 88.8 Å². The van der Waals surface area contributed by atoms with Crippen molar-refractivity contribution < 1.29 is 33.1 Å². The van der Waals surface area contributed by atoms with Crippen LogP contribution >= 0.6 is 0 Å². The van der Waals surface area contributed by atoms with Crippen LogP contribution in [-0.2, 0) is 39.0 Å². The van der Waals surface area contributed by atoms with Gasteiger partial charge in [-0.25, -0.2) is 14.4 Å². The largest absolute Gasteiger partial charge is 0.465 e. The second-order valence-corrected chi connectivity index (χ2v) is 16.4. The lowest BCUT2D eigenvalue weighted by Crippen LogP contribution is -2.52. The topological polar surface area (TPSA) is 147 Å². The number of anilines is 1. The van der Waals surface area contributed by atoms with Gasteiger partial charge in [0.25, 0.3) is 5.91 Å². The van der Waals surface area contributed by atoms with Gasteiger partial charge < -0.3 is 33.9 Å². The molecule has 1 N–H and O–H groups in total. The fourth-order valence-electron chi connectivity index (χ4n) is 9.32. The number of hydrogen-bond donors (Lipinski definition) is 1. The second-order valence-electron chi connectivity index (χ2n) is 16.4. The smallest absolute Gasteiger partial charge is 0.419 e. The molecule has 4 aliphatic rings. The van der Waals surface area contributed by atoms with E-state index in [1.54, 1.807) is 18.0 Å². The van der Waals surface area contributed by atoms with E-state index in [1.165, 1.54) is 4.57 Å². The zero-order chi connectivity index (χ0) is 42.1. The third-order valence-corrected chi connectivity index (χ3v) is 12.6. The van der Waals surface area contributed by atoms with Crippen LogP contribution in [0, 0.1) is 18.8 Å². The Morgan fingerprint density at radius 3 is 2.24 bits per heavy atom. The molecule has 14 heteroatoms. The first-order valence-corrected chi connectivity index (χ1v) is 21.9. The van der Waals surface area contributed by atoms with Gasteiger partial charge in [0.05, 0.1) is 18.7 Å². The number of nitrogens with zero attached hydrogens (tertiary/aromatic N) is 5. The molecule has 4 aliphatic heterocycles. The summed E-state index contributed by atoms with van der Waals surface area (Å²) in [7, 11) is 1.66. The predicted octanol–water partition coefficient (Wildman–Crippen LogP) is 6.36. The number of aromatic nitrogens is 1. The first-order chi connectivity index (χ1) is 28.6. The first-order valence-electron chi connectivity index (χ1n) is 21.9. The van der Waals surface area contributed by atoms with Crippen molar-refractivity contribution in [3.63, 3.8) is 0 Å². The molecule has 0 aliphatic carbocycles. The van der Waals surface area contributed by atoms with Crippen LogP contribution in [0.25, 0.3) is 11.1 Å². The second kappa shape index (κ2) is 20.4. The van der Waals surface area contributed by atoms with Crippen molar-refractivity contribution in [3.05, 3.63) is 63.6 Å². The quantitative estimate of drug-likeness (QED) is 0.173. The van der Waals surface area contributed by atoms with Crippen LogP contribution in [-0.4, -0.2) is 119 Å². The van der Waals surface area contributed by atoms with Crippen molar-refractivity contribution in [2.24, 2.45) is 18.9 Å². The number of fused-ring (bicyclic) bond motifs is 2. The zero-order valence-electron chi connectivity index (χ0n) is 35.7. The van der Waals surface area contributed by atoms with E-state index in [4.69, 9.17) is 13.9 Å². The van der Waals surface area contributed by atoms with Crippen LogP contribution in [0.15, 0.2) is 45.6 Å². The fraction of sp³-hybridized carbons (Fsp3) is 0.622. The van der Waals surface area contributed by atoms with Crippen LogP contribution in [0.3, 0.4) is 0 Å². The fourth-order valence-corrected chi connectivity index (χ4v) is 9.32. The molecule has 59 heavy (non-hydrogen) atoms. The molecule has 3 fully saturated rings. The Hall–Kier alpha value is -4.85. The minimum atomic E-state index is -1.06. The molecule has 0 bridgehead atoms. The number of hydrogen-bond acceptors (Lipinski definition) is 9. The van der Waals surface area contributed by atoms with E-state index in [0.29, 0.717) is 81.7 Å². The van der Waals surface area contributed by atoms with Gasteiger partial charge in [-0.2, -0.15) is 0 Å². The van der Waals surface area contributed by atoms with Gasteiger partial charge in [-0.3, -0.25) is 19.1 Å². The zero-order valence-corrected chi connectivity index (χ0v) is 35.7. The maximum atomic E-state index is 14.3. The third-order valence-electron chi connectivity index (χ3n) is 12.6. The van der Waals surface area contributed by atoms with Crippen LogP contribution in [0.2, 0.25) is 0 Å². The molecule has 7 rings (SSSR count). The molecular formula is C45H64N6O8. The van der Waals surface area contributed by atoms with Crippen molar-refractivity contribution in [1.29, 1.82) is 0 Å². The number of carbonyl (C=O) groups is 4. The number of aryl methyl sites for hydroxylation is 2. The Labute approximate surface area is 348 Å². The number of likely N-dealkylation sites (tertiary alicyclic amines) is 3. The number of urea groups is 1. The number of piperidine rings is 3. The summed E-state index contributed by atoms with van der Waals surface area (Å²) >= 11 is 0. The Morgan fingerprint density at radius 1 is 0.881 bits per heavy atom. The lowest BCUT2D eigenvalue weighted by atomic mass is 9.78. The number of oxazole rings is 1. The number of esters is 1. The Kier molecular flexibility index (Phi) is 15.1. The summed E-state index contributed by atoms with van der Waals surface area (Å²) in [6.07, 6.45) is 6.18. The van der Waals surface area contributed by atoms with Crippen molar-refractivity contribution in [1.82, 2.24) is 24.2 Å². The highest BCUT2D eigenvalue weighted by Crippen LogP contribution is 2.33. The molecule has 0 radical (unpaired) electrons. The standard InChI is InChI=1S/C43H58N6O8.C2H6/c1-4-5-24-55-38(50)28-46-17-10-31(11-18-46)32-12-19-47(20-13-32)40(51)37(27-30-25-29(2)39-36(26-30)56-42(53)45(39)3)57-43(54)48-21-15-34(16-22-48)49-23-14-33-8-6-7-9-35(33)44-41(49)52;1-2/h6-9,25-26,31-32,34,37H,4-5,10-24,27-28H2,1-3H3,(H,44,52);1-2H3/t37-;/m1./s1. The number of amides is 4. The molecule has 1 atom stereocenters. The summed E-state index contributed by atoms with van der Waals surface area (Å²) in [6.45, 7) is 13.1. The van der Waals surface area contributed by atoms with E-state index in [1.807, 2.05) is 60.9 Å². The van der Waals surface area contributed by atoms with Crippen molar-refractivity contribution in [2.75, 3.05) is 64.3 Å². The number of ether oxygens (including phenoxy) is 2. The van der Waals surface area contributed by atoms with Crippen molar-refractivity contribution >= 4 is 40.8 Å². The Balaban J connectivity index is 0.00000288. The molecule has 5 heterocycles. The number of para-hydroxylation sites is 1. The Bertz CT molecular complexity index is 1970. The molecule has 0 saturated carbocycles. The van der Waals surface area contributed by atoms with Crippen LogP contribution < -0.4 is 11.1 Å². The average Bonchev–Trinajstić information content (AvgIpc) is 3.42. The van der Waals surface area contributed by atoms with Gasteiger partial charge in [0, 0.05) is 57.9 Å². The third kappa shape index (κ3) is 10.7. The van der Waals surface area contributed by atoms with Gasteiger partial charge in [-0.1, -0.05) is 51.5 Å². The van der Waals surface area contributed by atoms with E-state index in [9.17, 15) is 24.0 Å². The lowest BCUT2D eigenvalue weighted by Gasteiger charge is -2.41. The molecule has 0 unspecified atom stereocenters. The minimum absolute atomic E-state index is 0.0170. The molecule has 1 aromatic heterocycles. The minimum Gasteiger partial charge on any atom is -0.465 e. The molecule has 3 saturated heterocycles. The van der Waals surface area contributed by atoms with Gasteiger partial charge in [-0.05, 0) is 112 Å². The number of rotatable bonds is 11. The van der Waals surface area contributed by atoms with Crippen molar-refractivity contribution in [3.8, 4) is 0 Å². The average molecular weight is 817 g/mol. The maximum absolute atomic E-state index is 14.3. The van der Waals surface area contributed by atoms with Gasteiger partial charge >= 0.3 is 23.8 Å². The summed E-state index contributed by atoms with van der Waals surface area (Å²) < 4.78 is 18.5. The molecule has 2 aromatic carbocycles. The van der Waals surface area contributed by atoms with Crippen molar-refractivity contribution in [2.45, 2.75) is 104 Å². The van der Waals surface area contributed by atoms with E-state index in [0.717, 1.165) is 80.4 Å². The summed E-state index contributed by atoms with van der Waals surface area (Å²) in [5.41, 5.74) is 4.64. The number of nitrogens with one attached hydrogen (secondary N) is 1. The number of carbonyl (C=O) groups excluding carboxylic acids is 4. The highest BCUT2D eigenvalue weighted by atomic mass is 16.6. The van der Waals surface area contributed by atoms with Gasteiger partial charge in [0.15, 0.2) is 11.7 Å². The molecule has 322 valence electrons. The molecule has 4 amide bonds. The predicted molar refractivity (Wildman–Crippen MR) is 226 cm³/mol. The summed E-state index contributed by atoms with van der Waals surface area (Å²) in [5.74, 6) is 0.193. The van der Waals surface area contributed by atoms with E-state index < -0.39 is 18.0 Å². The van der Waals surface area contributed by atoms with Gasteiger partial charge in [0.1, 0.15) is 0 Å². The highest BCUT2D eigenvalue weighted by molar-refractivity contribution is 5.91. The summed E-state index contributed by atoms with van der Waals surface area (Å²) in [6, 6.07) is 11.4. The Morgan fingerprint density at radius 2 is 1.54 bits per heavy atom. The maximum Gasteiger partial charge on any atom is 0.419 e. The monoisotopic (exact) mass is 816 g/mol. The number of benzene rings is 2. The first kappa shape index (κ1) is 43.7. The van der Waals surface area contributed by atoms with E-state index in [2.05, 4.69) is 17.1 Å². The molecule has 14 nitrogen and oxygen atoms in total. The lowest BCUT2D eigenvalue weighted by molar-refractivity contribution is -0.145. The van der Waals surface area contributed by atoms with E-state index >= 15 is 0 Å². The number of unbranched alkanes of at least 4 members (excludes halogenated alkanes) is 1. The van der Waals surface area contributed by atoms with Crippen LogP contribution in [0.5, 0.6) is 0 Å².